The van der Waals surface area contributed by atoms with Crippen LogP contribution in [0.4, 0.5) is 10.5 Å². The van der Waals surface area contributed by atoms with Crippen LogP contribution < -0.4 is 5.32 Å². The number of nitrogens with one attached hydrogen (secondary N) is 1. The van der Waals surface area contributed by atoms with Gasteiger partial charge in [-0.3, -0.25) is 0 Å². The number of nitrogens with zero attached hydrogens (tertiary/aromatic N) is 1. The van der Waals surface area contributed by atoms with Crippen molar-refractivity contribution in [2.45, 2.75) is 25.5 Å². The van der Waals surface area contributed by atoms with E-state index in [1.807, 2.05) is 4.90 Å². The number of hydrogen-bond donors (Lipinski definition) is 1. The topological polar surface area (TPSA) is 66.5 Å². The normalized spacial score (nSPS) is 19.3. The van der Waals surface area contributed by atoms with Gasteiger partial charge in [0.2, 0.25) is 0 Å². The molecule has 2 amide bonds. The smallest absolute Gasteiger partial charge is 0.321 e. The van der Waals surface area contributed by atoms with Gasteiger partial charge in [-0.15, -0.1) is 0 Å². The van der Waals surface area contributed by atoms with Gasteiger partial charge in [0.25, 0.3) is 0 Å². The Labute approximate surface area is 126 Å². The molecule has 1 N–H and O–H groups in total. The highest BCUT2D eigenvalue weighted by molar-refractivity contribution is 7.89. The molecule has 0 aromatic heterocycles. The van der Waals surface area contributed by atoms with Crippen LogP contribution in [0.5, 0.6) is 0 Å². The molecular formula is C15H22N2O3S. The third-order valence-corrected chi connectivity index (χ3v) is 4.44. The molecule has 1 atom stereocenters. The summed E-state index contributed by atoms with van der Waals surface area (Å²) in [6, 6.07) is 6.86. The molecule has 1 aromatic carbocycles. The molecule has 1 heterocycles. The first-order valence-corrected chi connectivity index (χ1v) is 9.22. The summed E-state index contributed by atoms with van der Waals surface area (Å²) in [6.45, 7) is 3.74. The minimum Gasteiger partial charge on any atom is -0.324 e. The summed E-state index contributed by atoms with van der Waals surface area (Å²) in [5.41, 5.74) is 1.41. The second-order valence-electron chi connectivity index (χ2n) is 5.89. The van der Waals surface area contributed by atoms with E-state index in [2.05, 4.69) is 12.2 Å². The molecule has 1 aliphatic rings. The Bertz CT molecular complexity index is 596. The minimum atomic E-state index is -3.03. The second-order valence-corrected chi connectivity index (χ2v) is 8.03. The van der Waals surface area contributed by atoms with Gasteiger partial charge in [0.05, 0.1) is 5.75 Å². The fourth-order valence-electron chi connectivity index (χ4n) is 2.56. The molecule has 0 saturated carbocycles. The number of hydrogen-bond acceptors (Lipinski definition) is 3. The minimum absolute atomic E-state index is 0.0187. The highest BCUT2D eigenvalue weighted by atomic mass is 32.2. The van der Waals surface area contributed by atoms with E-state index in [-0.39, 0.29) is 11.8 Å². The fourth-order valence-corrected chi connectivity index (χ4v) is 3.36. The monoisotopic (exact) mass is 310 g/mol. The molecule has 0 radical (unpaired) electrons. The molecule has 5 nitrogen and oxygen atoms in total. The molecule has 0 bridgehead atoms. The number of carbonyl (C=O) groups is 1. The van der Waals surface area contributed by atoms with Crippen molar-refractivity contribution in [1.82, 2.24) is 4.90 Å². The summed E-state index contributed by atoms with van der Waals surface area (Å²) < 4.78 is 22.4. The van der Waals surface area contributed by atoms with Crippen molar-refractivity contribution >= 4 is 21.6 Å². The van der Waals surface area contributed by atoms with Gasteiger partial charge in [-0.05, 0) is 36.5 Å². The number of sulfone groups is 1. The number of carbonyl (C=O) groups excluding carboxylic acids is 1. The molecule has 1 aliphatic heterocycles. The molecule has 21 heavy (non-hydrogen) atoms. The first kappa shape index (κ1) is 15.8. The van der Waals surface area contributed by atoms with Gasteiger partial charge in [-0.2, -0.15) is 0 Å². The SMILES string of the molecule is C[C@H]1CCCN(C(=O)Nc2ccc(CS(C)(=O)=O)cc2)C1. The third kappa shape index (κ3) is 5.04. The van der Waals surface area contributed by atoms with Crippen LogP contribution in [-0.2, 0) is 15.6 Å². The summed E-state index contributed by atoms with van der Waals surface area (Å²) in [5.74, 6) is 0.562. The van der Waals surface area contributed by atoms with Gasteiger partial charge in [0, 0.05) is 25.0 Å². The first-order valence-electron chi connectivity index (χ1n) is 7.16. The van der Waals surface area contributed by atoms with Crippen LogP contribution in [0.1, 0.15) is 25.3 Å². The largest absolute Gasteiger partial charge is 0.324 e. The Morgan fingerprint density at radius 1 is 1.33 bits per heavy atom. The molecule has 0 spiro atoms. The van der Waals surface area contributed by atoms with Crippen molar-refractivity contribution in [2.24, 2.45) is 5.92 Å². The molecule has 0 aliphatic carbocycles. The Morgan fingerprint density at radius 3 is 2.57 bits per heavy atom. The van der Waals surface area contributed by atoms with Gasteiger partial charge in [-0.1, -0.05) is 19.1 Å². The number of urea groups is 1. The first-order chi connectivity index (χ1) is 9.83. The summed E-state index contributed by atoms with van der Waals surface area (Å²) in [5, 5.41) is 2.86. The molecule has 6 heteroatoms. The lowest BCUT2D eigenvalue weighted by atomic mass is 10.0. The highest BCUT2D eigenvalue weighted by Gasteiger charge is 2.20. The zero-order valence-corrected chi connectivity index (χ0v) is 13.3. The Morgan fingerprint density at radius 2 is 2.00 bits per heavy atom. The third-order valence-electron chi connectivity index (χ3n) is 3.58. The fraction of sp³-hybridized carbons (Fsp3) is 0.533. The number of anilines is 1. The van der Waals surface area contributed by atoms with Crippen LogP contribution in [0.2, 0.25) is 0 Å². The van der Waals surface area contributed by atoms with Crippen molar-refractivity contribution in [3.63, 3.8) is 0 Å². The zero-order valence-electron chi connectivity index (χ0n) is 12.5. The van der Waals surface area contributed by atoms with Gasteiger partial charge < -0.3 is 10.2 Å². The molecule has 1 fully saturated rings. The number of piperidine rings is 1. The number of benzene rings is 1. The molecule has 2 rings (SSSR count). The summed E-state index contributed by atoms with van der Waals surface area (Å²) >= 11 is 0. The lowest BCUT2D eigenvalue weighted by Gasteiger charge is -2.30. The van der Waals surface area contributed by atoms with E-state index < -0.39 is 9.84 Å². The summed E-state index contributed by atoms with van der Waals surface area (Å²) in [7, 11) is -3.03. The van der Waals surface area contributed by atoms with E-state index in [1.165, 1.54) is 12.7 Å². The number of likely N-dealkylation sites (tertiary alicyclic amines) is 1. The number of rotatable bonds is 3. The van der Waals surface area contributed by atoms with Crippen LogP contribution >= 0.6 is 0 Å². The van der Waals surface area contributed by atoms with Gasteiger partial charge >= 0.3 is 6.03 Å². The van der Waals surface area contributed by atoms with E-state index in [1.54, 1.807) is 24.3 Å². The molecule has 1 aromatic rings. The quantitative estimate of drug-likeness (QED) is 0.932. The van der Waals surface area contributed by atoms with Crippen LogP contribution in [-0.4, -0.2) is 38.7 Å². The molecular weight excluding hydrogens is 288 g/mol. The Balaban J connectivity index is 1.95. The van der Waals surface area contributed by atoms with Crippen molar-refractivity contribution in [3.05, 3.63) is 29.8 Å². The molecule has 0 unspecified atom stereocenters. The molecule has 116 valence electrons. The highest BCUT2D eigenvalue weighted by Crippen LogP contribution is 2.17. The summed E-state index contributed by atoms with van der Waals surface area (Å²) in [4.78, 5) is 14.0. The van der Waals surface area contributed by atoms with E-state index in [0.717, 1.165) is 25.1 Å². The lowest BCUT2D eigenvalue weighted by molar-refractivity contribution is 0.182. The predicted molar refractivity (Wildman–Crippen MR) is 84.0 cm³/mol. The van der Waals surface area contributed by atoms with Crippen molar-refractivity contribution in [3.8, 4) is 0 Å². The van der Waals surface area contributed by atoms with Crippen molar-refractivity contribution in [1.29, 1.82) is 0 Å². The van der Waals surface area contributed by atoms with Gasteiger partial charge in [-0.25, -0.2) is 13.2 Å². The van der Waals surface area contributed by atoms with Crippen LogP contribution in [0.25, 0.3) is 0 Å². The van der Waals surface area contributed by atoms with Crippen LogP contribution in [0.3, 0.4) is 0 Å². The maximum Gasteiger partial charge on any atom is 0.321 e. The predicted octanol–water partition coefficient (Wildman–Crippen LogP) is 2.50. The zero-order chi connectivity index (χ0) is 15.5. The van der Waals surface area contributed by atoms with Gasteiger partial charge in [0.1, 0.15) is 0 Å². The van der Waals surface area contributed by atoms with Crippen LogP contribution in [0, 0.1) is 5.92 Å². The van der Waals surface area contributed by atoms with E-state index in [0.29, 0.717) is 11.6 Å². The maximum atomic E-state index is 12.1. The van der Waals surface area contributed by atoms with Crippen molar-refractivity contribution < 1.29 is 13.2 Å². The standard InChI is InChI=1S/C15H22N2O3S/c1-12-4-3-9-17(10-12)15(18)16-14-7-5-13(6-8-14)11-21(2,19)20/h5-8,12H,3-4,9-11H2,1-2H3,(H,16,18)/t12-/m0/s1. The molecule has 1 saturated heterocycles. The van der Waals surface area contributed by atoms with Crippen LogP contribution in [0.15, 0.2) is 24.3 Å². The maximum absolute atomic E-state index is 12.1. The average Bonchev–Trinajstić information content (AvgIpc) is 2.39. The second kappa shape index (κ2) is 6.47. The lowest BCUT2D eigenvalue weighted by Crippen LogP contribution is -2.41. The Hall–Kier alpha value is -1.56. The van der Waals surface area contributed by atoms with Gasteiger partial charge in [0.15, 0.2) is 9.84 Å². The Kier molecular flexibility index (Phi) is 4.88. The van der Waals surface area contributed by atoms with Crippen molar-refractivity contribution in [2.75, 3.05) is 24.7 Å². The van der Waals surface area contributed by atoms with E-state index in [4.69, 9.17) is 0 Å². The summed E-state index contributed by atoms with van der Waals surface area (Å²) in [6.07, 6.45) is 3.42. The number of amides is 2. The average molecular weight is 310 g/mol. The van der Waals surface area contributed by atoms with E-state index in [9.17, 15) is 13.2 Å². The van der Waals surface area contributed by atoms with E-state index >= 15 is 0 Å².